The maximum absolute atomic E-state index is 6.05. The van der Waals surface area contributed by atoms with Crippen LogP contribution in [0.3, 0.4) is 0 Å². The number of ether oxygens (including phenoxy) is 1. The molecule has 1 atom stereocenters. The molecule has 3 heteroatoms. The van der Waals surface area contributed by atoms with Gasteiger partial charge in [-0.3, -0.25) is 0 Å². The molecule has 0 amide bonds. The molecule has 0 aliphatic rings. The predicted octanol–water partition coefficient (Wildman–Crippen LogP) is 4.55. The molecule has 1 unspecified atom stereocenters. The highest BCUT2D eigenvalue weighted by Crippen LogP contribution is 2.20. The van der Waals surface area contributed by atoms with Crippen LogP contribution in [0.15, 0.2) is 28.7 Å². The first-order valence-corrected chi connectivity index (χ1v) is 8.00. The molecule has 1 aromatic rings. The van der Waals surface area contributed by atoms with Crippen molar-refractivity contribution in [3.8, 4) is 0 Å². The van der Waals surface area contributed by atoms with Gasteiger partial charge in [0.1, 0.15) is 0 Å². The third-order valence-corrected chi connectivity index (χ3v) is 3.54. The zero-order valence-electron chi connectivity index (χ0n) is 12.3. The third-order valence-electron chi connectivity index (χ3n) is 3.01. The lowest BCUT2D eigenvalue weighted by molar-refractivity contribution is 0.0459. The van der Waals surface area contributed by atoms with Crippen LogP contribution in [-0.4, -0.2) is 19.7 Å². The molecular formula is C16H26BrNO. The molecule has 1 aromatic carbocycles. The Morgan fingerprint density at radius 1 is 1.21 bits per heavy atom. The van der Waals surface area contributed by atoms with E-state index in [1.807, 2.05) is 0 Å². The van der Waals surface area contributed by atoms with Crippen LogP contribution in [0.2, 0.25) is 0 Å². The summed E-state index contributed by atoms with van der Waals surface area (Å²) in [6.07, 6.45) is 2.42. The Bertz CT molecular complexity index is 337. The quantitative estimate of drug-likeness (QED) is 0.671. The summed E-state index contributed by atoms with van der Waals surface area (Å²) >= 11 is 3.47. The van der Waals surface area contributed by atoms with Crippen molar-refractivity contribution in [2.45, 2.75) is 39.7 Å². The molecule has 0 aliphatic carbocycles. The van der Waals surface area contributed by atoms with Crippen LogP contribution >= 0.6 is 15.9 Å². The molecule has 0 radical (unpaired) electrons. The maximum Gasteiger partial charge on any atom is 0.0949 e. The Kier molecular flexibility index (Phi) is 8.35. The van der Waals surface area contributed by atoms with Gasteiger partial charge < -0.3 is 10.1 Å². The molecule has 0 saturated heterocycles. The van der Waals surface area contributed by atoms with Crippen molar-refractivity contribution in [3.63, 3.8) is 0 Å². The fourth-order valence-corrected chi connectivity index (χ4v) is 2.07. The lowest BCUT2D eigenvalue weighted by atomic mass is 10.1. The molecule has 19 heavy (non-hydrogen) atoms. The van der Waals surface area contributed by atoms with E-state index in [2.05, 4.69) is 66.3 Å². The van der Waals surface area contributed by atoms with Crippen molar-refractivity contribution in [2.24, 2.45) is 5.92 Å². The number of hydrogen-bond acceptors (Lipinski definition) is 2. The highest BCUT2D eigenvalue weighted by molar-refractivity contribution is 9.10. The summed E-state index contributed by atoms with van der Waals surface area (Å²) in [5, 5.41) is 3.45. The van der Waals surface area contributed by atoms with Crippen molar-refractivity contribution in [1.82, 2.24) is 5.32 Å². The molecule has 0 heterocycles. The molecule has 108 valence electrons. The topological polar surface area (TPSA) is 21.3 Å². The molecule has 0 bridgehead atoms. The smallest absolute Gasteiger partial charge is 0.0949 e. The van der Waals surface area contributed by atoms with Gasteiger partial charge in [0.15, 0.2) is 0 Å². The second kappa shape index (κ2) is 9.51. The van der Waals surface area contributed by atoms with Crippen LogP contribution in [0.5, 0.6) is 0 Å². The van der Waals surface area contributed by atoms with E-state index in [0.717, 1.165) is 37.0 Å². The zero-order chi connectivity index (χ0) is 14.1. The first-order valence-electron chi connectivity index (χ1n) is 7.21. The highest BCUT2D eigenvalue weighted by Gasteiger charge is 2.11. The van der Waals surface area contributed by atoms with Gasteiger partial charge in [0, 0.05) is 17.6 Å². The fraction of sp³-hybridized carbons (Fsp3) is 0.625. The average Bonchev–Trinajstić information content (AvgIpc) is 2.38. The van der Waals surface area contributed by atoms with Gasteiger partial charge in [-0.25, -0.2) is 0 Å². The zero-order valence-corrected chi connectivity index (χ0v) is 13.9. The Morgan fingerprint density at radius 2 is 1.89 bits per heavy atom. The summed E-state index contributed by atoms with van der Waals surface area (Å²) < 4.78 is 7.16. The van der Waals surface area contributed by atoms with Gasteiger partial charge in [0.25, 0.3) is 0 Å². The minimum atomic E-state index is 0.151. The van der Waals surface area contributed by atoms with Crippen molar-refractivity contribution < 1.29 is 4.74 Å². The van der Waals surface area contributed by atoms with E-state index in [4.69, 9.17) is 4.74 Å². The standard InChI is InChI=1S/C16H26BrNO/c1-4-10-18-12-16(19-11-9-13(2)3)14-5-7-15(17)8-6-14/h5-8,13,16,18H,4,9-12H2,1-3H3. The Balaban J connectivity index is 2.54. The van der Waals surface area contributed by atoms with E-state index in [1.165, 1.54) is 5.56 Å². The van der Waals surface area contributed by atoms with Gasteiger partial charge in [-0.2, -0.15) is 0 Å². The largest absolute Gasteiger partial charge is 0.372 e. The summed E-state index contributed by atoms with van der Waals surface area (Å²) in [5.41, 5.74) is 1.25. The van der Waals surface area contributed by atoms with E-state index >= 15 is 0 Å². The normalized spacial score (nSPS) is 12.9. The van der Waals surface area contributed by atoms with Gasteiger partial charge in [0.2, 0.25) is 0 Å². The molecule has 2 nitrogen and oxygen atoms in total. The van der Waals surface area contributed by atoms with Gasteiger partial charge >= 0.3 is 0 Å². The molecular weight excluding hydrogens is 302 g/mol. The minimum absolute atomic E-state index is 0.151. The summed E-state index contributed by atoms with van der Waals surface area (Å²) in [6.45, 7) is 9.39. The monoisotopic (exact) mass is 327 g/mol. The van der Waals surface area contributed by atoms with Crippen LogP contribution in [0, 0.1) is 5.92 Å². The summed E-state index contributed by atoms with van der Waals surface area (Å²) in [5.74, 6) is 0.689. The van der Waals surface area contributed by atoms with Crippen LogP contribution in [0.4, 0.5) is 0 Å². The Labute approximate surface area is 126 Å². The summed E-state index contributed by atoms with van der Waals surface area (Å²) in [7, 11) is 0. The molecule has 1 rings (SSSR count). The molecule has 0 aliphatic heterocycles. The minimum Gasteiger partial charge on any atom is -0.372 e. The number of nitrogens with one attached hydrogen (secondary N) is 1. The number of hydrogen-bond donors (Lipinski definition) is 1. The summed E-state index contributed by atoms with van der Waals surface area (Å²) in [4.78, 5) is 0. The second-order valence-corrected chi connectivity index (χ2v) is 6.21. The maximum atomic E-state index is 6.05. The third kappa shape index (κ3) is 7.09. The highest BCUT2D eigenvalue weighted by atomic mass is 79.9. The number of halogens is 1. The molecule has 0 aromatic heterocycles. The van der Waals surface area contributed by atoms with E-state index in [-0.39, 0.29) is 6.10 Å². The predicted molar refractivity (Wildman–Crippen MR) is 85.5 cm³/mol. The van der Waals surface area contributed by atoms with Gasteiger partial charge in [-0.1, -0.05) is 48.8 Å². The van der Waals surface area contributed by atoms with Crippen LogP contribution in [0.1, 0.15) is 45.3 Å². The number of rotatable bonds is 9. The first-order chi connectivity index (χ1) is 9.13. The molecule has 0 spiro atoms. The van der Waals surface area contributed by atoms with E-state index < -0.39 is 0 Å². The fourth-order valence-electron chi connectivity index (χ4n) is 1.81. The molecule has 0 saturated carbocycles. The van der Waals surface area contributed by atoms with Crippen LogP contribution in [-0.2, 0) is 4.74 Å². The van der Waals surface area contributed by atoms with Crippen molar-refractivity contribution >= 4 is 15.9 Å². The summed E-state index contributed by atoms with van der Waals surface area (Å²) in [6, 6.07) is 8.43. The first kappa shape index (κ1) is 16.7. The van der Waals surface area contributed by atoms with Crippen LogP contribution in [0.25, 0.3) is 0 Å². The second-order valence-electron chi connectivity index (χ2n) is 5.30. The lowest BCUT2D eigenvalue weighted by Crippen LogP contribution is -2.24. The lowest BCUT2D eigenvalue weighted by Gasteiger charge is -2.20. The Morgan fingerprint density at radius 3 is 2.47 bits per heavy atom. The average molecular weight is 328 g/mol. The SMILES string of the molecule is CCCNCC(OCCC(C)C)c1ccc(Br)cc1. The van der Waals surface area contributed by atoms with Gasteiger partial charge in [-0.05, 0) is 43.0 Å². The Hall–Kier alpha value is -0.380. The molecule has 0 fully saturated rings. The van der Waals surface area contributed by atoms with Crippen molar-refractivity contribution in [1.29, 1.82) is 0 Å². The van der Waals surface area contributed by atoms with Gasteiger partial charge in [-0.15, -0.1) is 0 Å². The van der Waals surface area contributed by atoms with E-state index in [1.54, 1.807) is 0 Å². The van der Waals surface area contributed by atoms with E-state index in [9.17, 15) is 0 Å². The van der Waals surface area contributed by atoms with Gasteiger partial charge in [0.05, 0.1) is 6.10 Å². The van der Waals surface area contributed by atoms with E-state index in [0.29, 0.717) is 5.92 Å². The van der Waals surface area contributed by atoms with Crippen molar-refractivity contribution in [3.05, 3.63) is 34.3 Å². The molecule has 1 N–H and O–H groups in total. The van der Waals surface area contributed by atoms with Crippen molar-refractivity contribution in [2.75, 3.05) is 19.7 Å². The number of benzene rings is 1. The van der Waals surface area contributed by atoms with Crippen LogP contribution < -0.4 is 5.32 Å².